The Labute approximate surface area is 397 Å². The fourth-order valence-electron chi connectivity index (χ4n) is 8.48. The molecule has 374 valence electrons. The van der Waals surface area contributed by atoms with E-state index in [1.807, 2.05) is 0 Å². The SMILES string of the molecule is CC/C=C/C/C=C/C/C=C/C/C=C/CCCCCC(=O)OC(CCCCCCCCCCCCCCCCCC)CC(=O)NC(CO)C(O)CCCCCCCCCCCCCCC. The maximum absolute atomic E-state index is 13.2. The molecule has 0 aromatic carbocycles. The molecule has 0 saturated carbocycles. The Morgan fingerprint density at radius 1 is 0.469 bits per heavy atom. The summed E-state index contributed by atoms with van der Waals surface area (Å²) in [6.45, 7) is 6.39. The number of hydrogen-bond donors (Lipinski definition) is 3. The minimum Gasteiger partial charge on any atom is -0.462 e. The normalized spacial score (nSPS) is 13.5. The fourth-order valence-corrected chi connectivity index (χ4v) is 8.48. The molecule has 6 heteroatoms. The maximum atomic E-state index is 13.2. The number of carbonyl (C=O) groups is 2. The summed E-state index contributed by atoms with van der Waals surface area (Å²) in [5, 5.41) is 23.8. The zero-order chi connectivity index (χ0) is 46.7. The molecular formula is C58H107NO5. The second-order valence-corrected chi connectivity index (χ2v) is 19.0. The van der Waals surface area contributed by atoms with Crippen LogP contribution in [0.15, 0.2) is 48.6 Å². The molecule has 1 amide bonds. The highest BCUT2D eigenvalue weighted by Gasteiger charge is 2.24. The van der Waals surface area contributed by atoms with Gasteiger partial charge in [-0.1, -0.05) is 256 Å². The van der Waals surface area contributed by atoms with Gasteiger partial charge in [-0.05, 0) is 64.2 Å². The first-order valence-electron chi connectivity index (χ1n) is 27.9. The third-order valence-electron chi connectivity index (χ3n) is 12.7. The summed E-state index contributed by atoms with van der Waals surface area (Å²) in [4.78, 5) is 26.2. The van der Waals surface area contributed by atoms with Gasteiger partial charge in [0.2, 0.25) is 5.91 Å². The van der Waals surface area contributed by atoms with Crippen LogP contribution in [0.3, 0.4) is 0 Å². The minimum atomic E-state index is -0.792. The van der Waals surface area contributed by atoms with Gasteiger partial charge in [-0.3, -0.25) is 9.59 Å². The van der Waals surface area contributed by atoms with E-state index in [0.29, 0.717) is 19.3 Å². The molecule has 0 aliphatic carbocycles. The number of amides is 1. The van der Waals surface area contributed by atoms with Crippen LogP contribution in [0.1, 0.15) is 284 Å². The molecule has 3 N–H and O–H groups in total. The quantitative estimate of drug-likeness (QED) is 0.0321. The van der Waals surface area contributed by atoms with Crippen LogP contribution < -0.4 is 5.32 Å². The summed E-state index contributed by atoms with van der Waals surface area (Å²) in [5.74, 6) is -0.498. The lowest BCUT2D eigenvalue weighted by molar-refractivity contribution is -0.151. The third-order valence-corrected chi connectivity index (χ3v) is 12.7. The number of ether oxygens (including phenoxy) is 1. The third kappa shape index (κ3) is 46.4. The highest BCUT2D eigenvalue weighted by atomic mass is 16.5. The van der Waals surface area contributed by atoms with Crippen molar-refractivity contribution in [3.8, 4) is 0 Å². The fraction of sp³-hybridized carbons (Fsp3) is 0.828. The van der Waals surface area contributed by atoms with Gasteiger partial charge in [-0.2, -0.15) is 0 Å². The van der Waals surface area contributed by atoms with Crippen molar-refractivity contribution in [3.05, 3.63) is 48.6 Å². The van der Waals surface area contributed by atoms with E-state index >= 15 is 0 Å². The lowest BCUT2D eigenvalue weighted by Crippen LogP contribution is -2.46. The van der Waals surface area contributed by atoms with Crippen LogP contribution >= 0.6 is 0 Å². The molecule has 0 fully saturated rings. The van der Waals surface area contributed by atoms with Crippen LogP contribution in [0.4, 0.5) is 0 Å². The number of esters is 1. The van der Waals surface area contributed by atoms with Crippen LogP contribution in [0, 0.1) is 0 Å². The minimum absolute atomic E-state index is 0.0677. The van der Waals surface area contributed by atoms with Crippen molar-refractivity contribution in [2.24, 2.45) is 0 Å². The van der Waals surface area contributed by atoms with E-state index < -0.39 is 18.2 Å². The number of carbonyl (C=O) groups excluding carboxylic acids is 2. The molecule has 0 spiro atoms. The largest absolute Gasteiger partial charge is 0.462 e. The van der Waals surface area contributed by atoms with Gasteiger partial charge in [0.15, 0.2) is 0 Å². The number of hydrogen-bond acceptors (Lipinski definition) is 5. The van der Waals surface area contributed by atoms with Crippen molar-refractivity contribution in [2.75, 3.05) is 6.61 Å². The standard InChI is InChI=1S/C58H107NO5/c1-4-7-10-13-16-19-22-25-27-29-32-34-37-40-43-46-49-54(64-58(63)51-48-45-42-39-36-33-30-28-26-23-20-17-14-11-8-5-2)52-57(62)59-55(53-60)56(61)50-47-44-41-38-35-31-24-21-18-15-12-9-6-3/h8,11,17,20,26,28,33,36,54-56,60-61H,4-7,9-10,12-16,18-19,21-25,27,29-32,34-35,37-53H2,1-3H3,(H,59,62)/b11-8+,20-17+,28-26+,36-33+. The van der Waals surface area contributed by atoms with E-state index in [9.17, 15) is 19.8 Å². The van der Waals surface area contributed by atoms with E-state index in [0.717, 1.165) is 83.5 Å². The van der Waals surface area contributed by atoms with Gasteiger partial charge in [0, 0.05) is 6.42 Å². The number of nitrogens with one attached hydrogen (secondary N) is 1. The molecule has 0 aromatic heterocycles. The predicted molar refractivity (Wildman–Crippen MR) is 278 cm³/mol. The predicted octanol–water partition coefficient (Wildman–Crippen LogP) is 17.0. The zero-order valence-corrected chi connectivity index (χ0v) is 42.7. The van der Waals surface area contributed by atoms with Crippen molar-refractivity contribution in [1.82, 2.24) is 5.32 Å². The zero-order valence-electron chi connectivity index (χ0n) is 42.7. The highest BCUT2D eigenvalue weighted by Crippen LogP contribution is 2.18. The van der Waals surface area contributed by atoms with Crippen molar-refractivity contribution < 1.29 is 24.5 Å². The summed E-state index contributed by atoms with van der Waals surface area (Å²) in [5.41, 5.74) is 0. The Morgan fingerprint density at radius 2 is 0.844 bits per heavy atom. The number of unbranched alkanes of at least 4 members (excludes halogenated alkanes) is 30. The van der Waals surface area contributed by atoms with E-state index in [2.05, 4.69) is 74.7 Å². The van der Waals surface area contributed by atoms with Crippen LogP contribution in [-0.2, 0) is 14.3 Å². The van der Waals surface area contributed by atoms with Crippen molar-refractivity contribution in [2.45, 2.75) is 302 Å². The van der Waals surface area contributed by atoms with Crippen molar-refractivity contribution in [3.63, 3.8) is 0 Å². The Balaban J connectivity index is 4.60. The maximum Gasteiger partial charge on any atom is 0.306 e. The summed E-state index contributed by atoms with van der Waals surface area (Å²) in [7, 11) is 0. The van der Waals surface area contributed by atoms with Gasteiger partial charge >= 0.3 is 5.97 Å². The van der Waals surface area contributed by atoms with E-state index in [-0.39, 0.29) is 24.9 Å². The van der Waals surface area contributed by atoms with Crippen molar-refractivity contribution >= 4 is 11.9 Å². The first kappa shape index (κ1) is 61.8. The monoisotopic (exact) mass is 898 g/mol. The topological polar surface area (TPSA) is 95.9 Å². The Morgan fingerprint density at radius 3 is 1.27 bits per heavy atom. The number of aliphatic hydroxyl groups excluding tert-OH is 2. The van der Waals surface area contributed by atoms with Gasteiger partial charge in [-0.25, -0.2) is 0 Å². The first-order chi connectivity index (χ1) is 31.5. The van der Waals surface area contributed by atoms with E-state index in [1.165, 1.54) is 154 Å². The first-order valence-corrected chi connectivity index (χ1v) is 27.9. The molecule has 0 aromatic rings. The molecule has 0 rings (SSSR count). The molecule has 3 atom stereocenters. The van der Waals surface area contributed by atoms with Gasteiger partial charge in [-0.15, -0.1) is 0 Å². The Hall–Kier alpha value is -2.18. The Kier molecular flexibility index (Phi) is 50.0. The summed E-state index contributed by atoms with van der Waals surface area (Å²) in [6.07, 6.45) is 63.1. The lowest BCUT2D eigenvalue weighted by Gasteiger charge is -2.24. The molecule has 6 nitrogen and oxygen atoms in total. The number of aliphatic hydroxyl groups is 2. The molecule has 0 aliphatic rings. The Bertz CT molecular complexity index is 1100. The molecule has 64 heavy (non-hydrogen) atoms. The second-order valence-electron chi connectivity index (χ2n) is 19.0. The number of rotatable bonds is 50. The molecule has 0 heterocycles. The highest BCUT2D eigenvalue weighted by molar-refractivity contribution is 5.77. The summed E-state index contributed by atoms with van der Waals surface area (Å²) >= 11 is 0. The average molecular weight is 898 g/mol. The summed E-state index contributed by atoms with van der Waals surface area (Å²) < 4.78 is 5.94. The van der Waals surface area contributed by atoms with Crippen LogP contribution in [0.2, 0.25) is 0 Å². The molecule has 0 bridgehead atoms. The van der Waals surface area contributed by atoms with Crippen LogP contribution in [0.25, 0.3) is 0 Å². The molecule has 3 unspecified atom stereocenters. The number of allylic oxidation sites excluding steroid dienone is 8. The van der Waals surface area contributed by atoms with Crippen molar-refractivity contribution in [1.29, 1.82) is 0 Å². The molecule has 0 saturated heterocycles. The van der Waals surface area contributed by atoms with Crippen LogP contribution in [0.5, 0.6) is 0 Å². The van der Waals surface area contributed by atoms with E-state index in [4.69, 9.17) is 4.74 Å². The van der Waals surface area contributed by atoms with Gasteiger partial charge in [0.25, 0.3) is 0 Å². The van der Waals surface area contributed by atoms with Gasteiger partial charge in [0.1, 0.15) is 6.10 Å². The average Bonchev–Trinajstić information content (AvgIpc) is 3.29. The molecular weight excluding hydrogens is 791 g/mol. The van der Waals surface area contributed by atoms with Crippen LogP contribution in [-0.4, -0.2) is 46.9 Å². The smallest absolute Gasteiger partial charge is 0.306 e. The summed E-state index contributed by atoms with van der Waals surface area (Å²) in [6, 6.07) is -0.707. The molecule has 0 radical (unpaired) electrons. The van der Waals surface area contributed by atoms with E-state index in [1.54, 1.807) is 0 Å². The van der Waals surface area contributed by atoms with Gasteiger partial charge in [0.05, 0.1) is 25.2 Å². The lowest BCUT2D eigenvalue weighted by atomic mass is 10.0. The second kappa shape index (κ2) is 51.8. The van der Waals surface area contributed by atoms with Gasteiger partial charge < -0.3 is 20.3 Å². The molecule has 0 aliphatic heterocycles.